The molecule has 0 unspecified atom stereocenters. The van der Waals surface area contributed by atoms with Crippen LogP contribution in [0.5, 0.6) is 0 Å². The highest BCUT2D eigenvalue weighted by atomic mass is 16.5. The molecule has 3 aromatic rings. The Bertz CT molecular complexity index is 1060. The highest BCUT2D eigenvalue weighted by Crippen LogP contribution is 2.23. The van der Waals surface area contributed by atoms with Gasteiger partial charge in [0.15, 0.2) is 5.76 Å². The number of furan rings is 1. The molecule has 0 spiro atoms. The molecule has 0 bridgehead atoms. The summed E-state index contributed by atoms with van der Waals surface area (Å²) in [6.45, 7) is 6.82. The van der Waals surface area contributed by atoms with E-state index in [1.807, 2.05) is 42.2 Å². The summed E-state index contributed by atoms with van der Waals surface area (Å²) in [7, 11) is 0. The van der Waals surface area contributed by atoms with Crippen molar-refractivity contribution in [2.45, 2.75) is 20.3 Å². The summed E-state index contributed by atoms with van der Waals surface area (Å²) >= 11 is 0. The van der Waals surface area contributed by atoms with Crippen molar-refractivity contribution in [3.05, 3.63) is 59.5 Å². The van der Waals surface area contributed by atoms with E-state index in [9.17, 15) is 9.59 Å². The summed E-state index contributed by atoms with van der Waals surface area (Å²) in [6.07, 6.45) is 2.36. The van der Waals surface area contributed by atoms with Gasteiger partial charge in [-0.25, -0.2) is 9.78 Å². The van der Waals surface area contributed by atoms with Gasteiger partial charge in [0, 0.05) is 37.8 Å². The Morgan fingerprint density at radius 3 is 2.73 bits per heavy atom. The molecule has 1 saturated heterocycles. The van der Waals surface area contributed by atoms with Crippen molar-refractivity contribution in [3.63, 3.8) is 0 Å². The van der Waals surface area contributed by atoms with Gasteiger partial charge in [-0.1, -0.05) is 11.6 Å². The second-order valence-corrected chi connectivity index (χ2v) is 7.41. The number of aromatic nitrogens is 1. The molecule has 1 aliphatic heterocycles. The quantitative estimate of drug-likeness (QED) is 0.615. The van der Waals surface area contributed by atoms with Crippen LogP contribution < -0.4 is 4.90 Å². The van der Waals surface area contributed by atoms with Crippen LogP contribution in [0.3, 0.4) is 0 Å². The van der Waals surface area contributed by atoms with E-state index in [4.69, 9.17) is 9.15 Å². The summed E-state index contributed by atoms with van der Waals surface area (Å²) < 4.78 is 10.8. The molecule has 2 aromatic heterocycles. The van der Waals surface area contributed by atoms with Crippen LogP contribution in [-0.4, -0.2) is 54.5 Å². The van der Waals surface area contributed by atoms with E-state index in [-0.39, 0.29) is 11.9 Å². The first-order valence-corrected chi connectivity index (χ1v) is 10.2. The minimum absolute atomic E-state index is 0.0867. The van der Waals surface area contributed by atoms with Crippen LogP contribution in [0.4, 0.5) is 5.82 Å². The van der Waals surface area contributed by atoms with Crippen molar-refractivity contribution in [2.24, 2.45) is 0 Å². The summed E-state index contributed by atoms with van der Waals surface area (Å²) in [4.78, 5) is 33.1. The topological polar surface area (TPSA) is 75.9 Å². The highest BCUT2D eigenvalue weighted by Gasteiger charge is 2.23. The molecule has 1 aromatic carbocycles. The van der Waals surface area contributed by atoms with Gasteiger partial charge in [0.1, 0.15) is 11.4 Å². The maximum absolute atomic E-state index is 13.0. The van der Waals surface area contributed by atoms with Gasteiger partial charge in [-0.2, -0.15) is 0 Å². The van der Waals surface area contributed by atoms with Crippen molar-refractivity contribution < 1.29 is 18.7 Å². The number of carbonyl (C=O) groups is 2. The lowest BCUT2D eigenvalue weighted by molar-refractivity contribution is 0.0525. The van der Waals surface area contributed by atoms with Gasteiger partial charge >= 0.3 is 5.97 Å². The van der Waals surface area contributed by atoms with Crippen LogP contribution in [-0.2, 0) is 4.74 Å². The number of rotatable bonds is 4. The van der Waals surface area contributed by atoms with Crippen molar-refractivity contribution in [3.8, 4) is 0 Å². The minimum Gasteiger partial charge on any atom is -0.462 e. The van der Waals surface area contributed by atoms with E-state index in [1.54, 1.807) is 13.0 Å². The number of benzene rings is 1. The van der Waals surface area contributed by atoms with Crippen LogP contribution >= 0.6 is 0 Å². The van der Waals surface area contributed by atoms with E-state index < -0.39 is 0 Å². The monoisotopic (exact) mass is 407 g/mol. The number of ether oxygens (including phenoxy) is 1. The summed E-state index contributed by atoms with van der Waals surface area (Å²) in [5.41, 5.74) is 2.30. The van der Waals surface area contributed by atoms with E-state index in [1.165, 1.54) is 6.20 Å². The van der Waals surface area contributed by atoms with Gasteiger partial charge in [-0.3, -0.25) is 4.79 Å². The highest BCUT2D eigenvalue weighted by molar-refractivity contribution is 5.96. The van der Waals surface area contributed by atoms with Crippen molar-refractivity contribution >= 4 is 28.7 Å². The molecule has 0 radical (unpaired) electrons. The largest absolute Gasteiger partial charge is 0.462 e. The van der Waals surface area contributed by atoms with E-state index >= 15 is 0 Å². The molecule has 0 atom stereocenters. The first-order valence-electron chi connectivity index (χ1n) is 10.2. The number of carbonyl (C=O) groups excluding carboxylic acids is 2. The van der Waals surface area contributed by atoms with E-state index in [0.29, 0.717) is 37.6 Å². The Kier molecular flexibility index (Phi) is 5.70. The molecule has 4 rings (SSSR count). The molecule has 3 heterocycles. The van der Waals surface area contributed by atoms with E-state index in [0.717, 1.165) is 35.3 Å². The molecule has 1 amide bonds. The average molecular weight is 407 g/mol. The maximum Gasteiger partial charge on any atom is 0.339 e. The summed E-state index contributed by atoms with van der Waals surface area (Å²) in [5.74, 6) is 0.707. The van der Waals surface area contributed by atoms with Crippen LogP contribution in [0.25, 0.3) is 11.0 Å². The third-order valence-corrected chi connectivity index (χ3v) is 5.25. The zero-order valence-corrected chi connectivity index (χ0v) is 17.3. The first kappa shape index (κ1) is 19.9. The normalized spacial score (nSPS) is 14.6. The van der Waals surface area contributed by atoms with Gasteiger partial charge in [0.05, 0.1) is 12.2 Å². The van der Waals surface area contributed by atoms with Gasteiger partial charge in [-0.15, -0.1) is 0 Å². The SMILES string of the molecule is CCOC(=O)c1ccc(N2CCCN(C(=O)c3cc4cc(C)ccc4o3)CC2)nc1. The number of hydrogen-bond acceptors (Lipinski definition) is 6. The number of anilines is 1. The summed E-state index contributed by atoms with van der Waals surface area (Å²) in [5, 5.41) is 0.945. The molecule has 156 valence electrons. The van der Waals surface area contributed by atoms with Gasteiger partial charge in [0.25, 0.3) is 5.91 Å². The van der Waals surface area contributed by atoms with Crippen molar-refractivity contribution in [1.82, 2.24) is 9.88 Å². The van der Waals surface area contributed by atoms with Gasteiger partial charge in [0.2, 0.25) is 0 Å². The number of fused-ring (bicyclic) bond motifs is 1. The Morgan fingerprint density at radius 1 is 1.10 bits per heavy atom. The fourth-order valence-corrected chi connectivity index (χ4v) is 3.68. The predicted molar refractivity (Wildman–Crippen MR) is 114 cm³/mol. The Balaban J connectivity index is 1.43. The van der Waals surface area contributed by atoms with E-state index in [2.05, 4.69) is 9.88 Å². The molecular weight excluding hydrogens is 382 g/mol. The second-order valence-electron chi connectivity index (χ2n) is 7.41. The lowest BCUT2D eigenvalue weighted by Gasteiger charge is -2.22. The fourth-order valence-electron chi connectivity index (χ4n) is 3.68. The number of amides is 1. The molecule has 7 heteroatoms. The molecule has 0 saturated carbocycles. The summed E-state index contributed by atoms with van der Waals surface area (Å²) in [6, 6.07) is 11.3. The molecule has 0 aliphatic carbocycles. The molecule has 0 N–H and O–H groups in total. The number of aryl methyl sites for hydroxylation is 1. The number of hydrogen-bond donors (Lipinski definition) is 0. The van der Waals surface area contributed by atoms with Crippen molar-refractivity contribution in [1.29, 1.82) is 0 Å². The number of pyridine rings is 1. The predicted octanol–water partition coefficient (Wildman–Crippen LogP) is 3.67. The van der Waals surface area contributed by atoms with Gasteiger partial charge < -0.3 is 19.0 Å². The van der Waals surface area contributed by atoms with Crippen LogP contribution in [0.15, 0.2) is 47.0 Å². The third-order valence-electron chi connectivity index (χ3n) is 5.25. The smallest absolute Gasteiger partial charge is 0.339 e. The second kappa shape index (κ2) is 8.57. The van der Waals surface area contributed by atoms with Crippen LogP contribution in [0, 0.1) is 6.92 Å². The first-order chi connectivity index (χ1) is 14.5. The Hall–Kier alpha value is -3.35. The zero-order valence-electron chi connectivity index (χ0n) is 17.3. The number of nitrogens with zero attached hydrogens (tertiary/aromatic N) is 3. The minimum atomic E-state index is -0.370. The third kappa shape index (κ3) is 4.15. The molecular formula is C23H25N3O4. The molecule has 1 aliphatic rings. The maximum atomic E-state index is 13.0. The van der Waals surface area contributed by atoms with Gasteiger partial charge in [-0.05, 0) is 50.6 Å². The molecule has 1 fully saturated rings. The zero-order chi connectivity index (χ0) is 21.1. The van der Waals surface area contributed by atoms with Crippen LogP contribution in [0.2, 0.25) is 0 Å². The molecule has 7 nitrogen and oxygen atoms in total. The van der Waals surface area contributed by atoms with Crippen LogP contribution in [0.1, 0.15) is 39.8 Å². The fraction of sp³-hybridized carbons (Fsp3) is 0.348. The Morgan fingerprint density at radius 2 is 1.97 bits per heavy atom. The van der Waals surface area contributed by atoms with Crippen molar-refractivity contribution in [2.75, 3.05) is 37.7 Å². The Labute approximate surface area is 175 Å². The number of esters is 1. The average Bonchev–Trinajstić information content (AvgIpc) is 3.01. The lowest BCUT2D eigenvalue weighted by Crippen LogP contribution is -2.35. The standard InChI is InChI=1S/C23H25N3O4/c1-3-29-23(28)17-6-8-21(24-15-17)25-9-4-10-26(12-11-25)22(27)20-14-18-13-16(2)5-7-19(18)30-20/h5-8,13-15H,3-4,9-12H2,1-2H3. The lowest BCUT2D eigenvalue weighted by atomic mass is 10.2. The molecule has 30 heavy (non-hydrogen) atoms.